The minimum Gasteiger partial charge on any atom is -0.465 e. The molecule has 1 N–H and O–H groups in total. The van der Waals surface area contributed by atoms with Crippen LogP contribution in [0.4, 0.5) is 4.79 Å². The number of amides is 1. The molecule has 0 aromatic heterocycles. The van der Waals surface area contributed by atoms with E-state index in [2.05, 4.69) is 17.0 Å². The van der Waals surface area contributed by atoms with Crippen LogP contribution >= 0.6 is 0 Å². The lowest BCUT2D eigenvalue weighted by Crippen LogP contribution is -2.38. The van der Waals surface area contributed by atoms with Crippen molar-refractivity contribution in [3.8, 4) is 0 Å². The molecular formula is C12H22N2O4. The number of hydrogen-bond acceptors (Lipinski definition) is 5. The standard InChI is InChI=1S/C12H22N2O4/c1-3-4-7-18-11(15)9-14-6-5-10(8-14)13-12(16)17-2/h10H,3-9H2,1-2H3,(H,13,16). The maximum absolute atomic E-state index is 11.5. The van der Waals surface area contributed by atoms with Gasteiger partial charge in [0.25, 0.3) is 0 Å². The minimum absolute atomic E-state index is 0.0564. The van der Waals surface area contributed by atoms with E-state index >= 15 is 0 Å². The van der Waals surface area contributed by atoms with E-state index in [4.69, 9.17) is 4.74 Å². The molecule has 1 aliphatic rings. The smallest absolute Gasteiger partial charge is 0.407 e. The van der Waals surface area contributed by atoms with Crippen molar-refractivity contribution < 1.29 is 19.1 Å². The third kappa shape index (κ3) is 5.35. The van der Waals surface area contributed by atoms with Gasteiger partial charge in [-0.3, -0.25) is 9.69 Å². The summed E-state index contributed by atoms with van der Waals surface area (Å²) in [4.78, 5) is 24.5. The molecule has 1 amide bonds. The second-order valence-corrected chi connectivity index (χ2v) is 4.43. The Labute approximate surface area is 108 Å². The van der Waals surface area contributed by atoms with Crippen LogP contribution in [0, 0.1) is 0 Å². The van der Waals surface area contributed by atoms with Gasteiger partial charge in [-0.25, -0.2) is 4.79 Å². The molecule has 1 atom stereocenters. The predicted molar refractivity (Wildman–Crippen MR) is 66.3 cm³/mol. The quantitative estimate of drug-likeness (QED) is 0.563. The molecule has 1 fully saturated rings. The summed E-state index contributed by atoms with van der Waals surface area (Å²) in [5.74, 6) is -0.192. The molecule has 0 aromatic carbocycles. The van der Waals surface area contributed by atoms with Crippen molar-refractivity contribution in [2.24, 2.45) is 0 Å². The molecule has 0 saturated carbocycles. The fourth-order valence-electron chi connectivity index (χ4n) is 1.88. The molecule has 0 bridgehead atoms. The molecule has 1 aliphatic heterocycles. The van der Waals surface area contributed by atoms with Crippen molar-refractivity contribution in [2.75, 3.05) is 33.4 Å². The zero-order valence-corrected chi connectivity index (χ0v) is 11.1. The Kier molecular flexibility index (Phi) is 6.49. The highest BCUT2D eigenvalue weighted by molar-refractivity contribution is 5.71. The molecule has 0 aromatic rings. The van der Waals surface area contributed by atoms with Crippen LogP contribution in [0.1, 0.15) is 26.2 Å². The first-order valence-electron chi connectivity index (χ1n) is 6.38. The van der Waals surface area contributed by atoms with E-state index in [0.29, 0.717) is 19.7 Å². The van der Waals surface area contributed by atoms with Gasteiger partial charge in [0.2, 0.25) is 0 Å². The summed E-state index contributed by atoms with van der Waals surface area (Å²) >= 11 is 0. The normalized spacial score (nSPS) is 19.6. The SMILES string of the molecule is CCCCOC(=O)CN1CCC(NC(=O)OC)C1. The second-order valence-electron chi connectivity index (χ2n) is 4.43. The van der Waals surface area contributed by atoms with Crippen LogP contribution in [-0.2, 0) is 14.3 Å². The molecule has 0 spiro atoms. The number of hydrogen-bond donors (Lipinski definition) is 1. The average molecular weight is 258 g/mol. The number of ether oxygens (including phenoxy) is 2. The van der Waals surface area contributed by atoms with Crippen LogP contribution in [0.5, 0.6) is 0 Å². The van der Waals surface area contributed by atoms with Gasteiger partial charge in [0, 0.05) is 19.1 Å². The molecule has 1 heterocycles. The van der Waals surface area contributed by atoms with Gasteiger partial charge in [-0.15, -0.1) is 0 Å². The van der Waals surface area contributed by atoms with E-state index < -0.39 is 6.09 Å². The molecule has 0 radical (unpaired) electrons. The van der Waals surface area contributed by atoms with Crippen LogP contribution in [0.2, 0.25) is 0 Å². The fraction of sp³-hybridized carbons (Fsp3) is 0.833. The van der Waals surface area contributed by atoms with Crippen molar-refractivity contribution in [3.05, 3.63) is 0 Å². The van der Waals surface area contributed by atoms with E-state index in [1.54, 1.807) is 0 Å². The summed E-state index contributed by atoms with van der Waals surface area (Å²) < 4.78 is 9.62. The van der Waals surface area contributed by atoms with E-state index in [1.165, 1.54) is 7.11 Å². The van der Waals surface area contributed by atoms with E-state index in [9.17, 15) is 9.59 Å². The highest BCUT2D eigenvalue weighted by atomic mass is 16.5. The Morgan fingerprint density at radius 2 is 2.22 bits per heavy atom. The third-order valence-corrected chi connectivity index (χ3v) is 2.89. The molecule has 0 aliphatic carbocycles. The van der Waals surface area contributed by atoms with Gasteiger partial charge in [0.1, 0.15) is 0 Å². The Hall–Kier alpha value is -1.30. The molecule has 6 heteroatoms. The molecule has 1 unspecified atom stereocenters. The lowest BCUT2D eigenvalue weighted by Gasteiger charge is -2.15. The Morgan fingerprint density at radius 1 is 1.44 bits per heavy atom. The van der Waals surface area contributed by atoms with Crippen LogP contribution in [-0.4, -0.2) is 56.4 Å². The monoisotopic (exact) mass is 258 g/mol. The van der Waals surface area contributed by atoms with Gasteiger partial charge in [0.05, 0.1) is 20.3 Å². The van der Waals surface area contributed by atoms with Crippen LogP contribution < -0.4 is 5.32 Å². The zero-order chi connectivity index (χ0) is 13.4. The van der Waals surface area contributed by atoms with Gasteiger partial charge < -0.3 is 14.8 Å². The van der Waals surface area contributed by atoms with Crippen LogP contribution in [0.25, 0.3) is 0 Å². The molecule has 1 saturated heterocycles. The summed E-state index contributed by atoms with van der Waals surface area (Å²) in [5.41, 5.74) is 0. The molecular weight excluding hydrogens is 236 g/mol. The first-order valence-corrected chi connectivity index (χ1v) is 6.38. The highest BCUT2D eigenvalue weighted by Crippen LogP contribution is 2.09. The maximum atomic E-state index is 11.5. The van der Waals surface area contributed by atoms with Gasteiger partial charge >= 0.3 is 12.1 Å². The van der Waals surface area contributed by atoms with E-state index in [1.807, 2.05) is 4.90 Å². The maximum Gasteiger partial charge on any atom is 0.407 e. The first-order chi connectivity index (χ1) is 8.65. The van der Waals surface area contributed by atoms with Gasteiger partial charge in [-0.2, -0.15) is 0 Å². The number of alkyl carbamates (subject to hydrolysis) is 1. The Balaban J connectivity index is 2.17. The van der Waals surface area contributed by atoms with E-state index in [0.717, 1.165) is 25.8 Å². The van der Waals surface area contributed by atoms with Crippen LogP contribution in [0.15, 0.2) is 0 Å². The average Bonchev–Trinajstić information content (AvgIpc) is 2.76. The topological polar surface area (TPSA) is 67.9 Å². The number of nitrogens with zero attached hydrogens (tertiary/aromatic N) is 1. The van der Waals surface area contributed by atoms with Crippen molar-refractivity contribution in [2.45, 2.75) is 32.2 Å². The number of esters is 1. The second kappa shape index (κ2) is 7.92. The fourth-order valence-corrected chi connectivity index (χ4v) is 1.88. The van der Waals surface area contributed by atoms with E-state index in [-0.39, 0.29) is 12.0 Å². The minimum atomic E-state index is -0.424. The lowest BCUT2D eigenvalue weighted by molar-refractivity contribution is -0.144. The molecule has 1 rings (SSSR count). The van der Waals surface area contributed by atoms with Gasteiger partial charge in [-0.1, -0.05) is 13.3 Å². The summed E-state index contributed by atoms with van der Waals surface area (Å²) in [6, 6.07) is 0.0564. The van der Waals surface area contributed by atoms with Crippen molar-refractivity contribution in [3.63, 3.8) is 0 Å². The zero-order valence-electron chi connectivity index (χ0n) is 11.1. The van der Waals surface area contributed by atoms with Crippen LogP contribution in [0.3, 0.4) is 0 Å². The summed E-state index contributed by atoms with van der Waals surface area (Å²) in [6.07, 6.45) is 2.32. The summed E-state index contributed by atoms with van der Waals surface area (Å²) in [7, 11) is 1.34. The summed E-state index contributed by atoms with van der Waals surface area (Å²) in [5, 5.41) is 2.73. The predicted octanol–water partition coefficient (Wildman–Crippen LogP) is 0.760. The molecule has 18 heavy (non-hydrogen) atoms. The molecule has 6 nitrogen and oxygen atoms in total. The number of carbonyl (C=O) groups excluding carboxylic acids is 2. The largest absolute Gasteiger partial charge is 0.465 e. The lowest BCUT2D eigenvalue weighted by atomic mass is 10.3. The van der Waals surface area contributed by atoms with Crippen molar-refractivity contribution in [1.29, 1.82) is 0 Å². The first kappa shape index (κ1) is 14.8. The highest BCUT2D eigenvalue weighted by Gasteiger charge is 2.25. The number of rotatable bonds is 6. The molecule has 104 valence electrons. The number of methoxy groups -OCH3 is 1. The Morgan fingerprint density at radius 3 is 2.89 bits per heavy atom. The van der Waals surface area contributed by atoms with Gasteiger partial charge in [0.15, 0.2) is 0 Å². The van der Waals surface area contributed by atoms with Crippen molar-refractivity contribution >= 4 is 12.1 Å². The number of unbranched alkanes of at least 4 members (excludes halogenated alkanes) is 1. The third-order valence-electron chi connectivity index (χ3n) is 2.89. The van der Waals surface area contributed by atoms with Gasteiger partial charge in [-0.05, 0) is 12.8 Å². The summed E-state index contributed by atoms with van der Waals surface area (Å²) in [6.45, 7) is 4.29. The number of carbonyl (C=O) groups is 2. The number of likely N-dealkylation sites (tertiary alicyclic amines) is 1. The van der Waals surface area contributed by atoms with Crippen molar-refractivity contribution in [1.82, 2.24) is 10.2 Å². The Bertz CT molecular complexity index is 283. The number of nitrogens with one attached hydrogen (secondary N) is 1.